The van der Waals surface area contributed by atoms with E-state index in [0.29, 0.717) is 12.0 Å². The summed E-state index contributed by atoms with van der Waals surface area (Å²) in [5.41, 5.74) is 2.15. The Bertz CT molecular complexity index is 909. The quantitative estimate of drug-likeness (QED) is 0.595. The third-order valence-corrected chi connectivity index (χ3v) is 4.92. The fourth-order valence-corrected chi connectivity index (χ4v) is 3.37. The molecule has 2 aromatic rings. The molecule has 3 N–H and O–H groups in total. The van der Waals surface area contributed by atoms with Gasteiger partial charge in [-0.1, -0.05) is 42.5 Å². The Morgan fingerprint density at radius 3 is 2.34 bits per heavy atom. The lowest BCUT2D eigenvalue weighted by Crippen LogP contribution is -2.29. The molecule has 7 nitrogen and oxygen atoms in total. The normalized spacial score (nSPS) is 16.9. The highest BCUT2D eigenvalue weighted by atomic mass is 16.4. The van der Waals surface area contributed by atoms with E-state index < -0.39 is 12.0 Å². The number of carboxylic acid groups (broad SMARTS) is 1. The maximum Gasteiger partial charge on any atom is 0.303 e. The van der Waals surface area contributed by atoms with Crippen LogP contribution >= 0.6 is 0 Å². The van der Waals surface area contributed by atoms with Crippen LogP contribution < -0.4 is 10.6 Å². The second-order valence-electron chi connectivity index (χ2n) is 7.08. The maximum atomic E-state index is 12.7. The van der Waals surface area contributed by atoms with E-state index in [1.54, 1.807) is 24.3 Å². The lowest BCUT2D eigenvalue weighted by atomic mass is 9.97. The Kier molecular flexibility index (Phi) is 6.39. The van der Waals surface area contributed by atoms with E-state index in [-0.39, 0.29) is 42.9 Å². The van der Waals surface area contributed by atoms with Crippen molar-refractivity contribution in [2.24, 2.45) is 5.92 Å². The number of imide groups is 1. The van der Waals surface area contributed by atoms with Gasteiger partial charge in [-0.05, 0) is 36.1 Å². The van der Waals surface area contributed by atoms with Gasteiger partial charge in [-0.2, -0.15) is 0 Å². The molecule has 1 saturated heterocycles. The van der Waals surface area contributed by atoms with E-state index >= 15 is 0 Å². The molecule has 2 aromatic carbocycles. The molecule has 0 aromatic heterocycles. The maximum absolute atomic E-state index is 12.7. The Morgan fingerprint density at radius 2 is 1.76 bits per heavy atom. The summed E-state index contributed by atoms with van der Waals surface area (Å²) in [6.45, 7) is 0. The molecule has 0 aliphatic carbocycles. The van der Waals surface area contributed by atoms with Gasteiger partial charge in [0.1, 0.15) is 0 Å². The summed E-state index contributed by atoms with van der Waals surface area (Å²) in [7, 11) is 0. The van der Waals surface area contributed by atoms with Gasteiger partial charge in [0.2, 0.25) is 11.8 Å². The molecule has 2 atom stereocenters. The summed E-state index contributed by atoms with van der Waals surface area (Å²) in [4.78, 5) is 46.6. The highest BCUT2D eigenvalue weighted by Crippen LogP contribution is 2.20. The Hall–Kier alpha value is -3.48. The molecule has 0 spiro atoms. The van der Waals surface area contributed by atoms with Crippen molar-refractivity contribution in [1.29, 1.82) is 0 Å². The largest absolute Gasteiger partial charge is 0.481 e. The van der Waals surface area contributed by atoms with Crippen molar-refractivity contribution in [1.82, 2.24) is 10.6 Å². The first kappa shape index (κ1) is 20.3. The van der Waals surface area contributed by atoms with E-state index in [2.05, 4.69) is 10.6 Å². The van der Waals surface area contributed by atoms with Crippen LogP contribution in [0.3, 0.4) is 0 Å². The number of hydrogen-bond acceptors (Lipinski definition) is 4. The molecule has 1 heterocycles. The average Bonchev–Trinajstić information content (AvgIpc) is 3.02. The third kappa shape index (κ3) is 5.51. The van der Waals surface area contributed by atoms with Gasteiger partial charge in [0.25, 0.3) is 5.91 Å². The first-order valence-electron chi connectivity index (χ1n) is 9.42. The predicted octanol–water partition coefficient (Wildman–Crippen LogP) is 2.23. The van der Waals surface area contributed by atoms with Crippen molar-refractivity contribution < 1.29 is 24.3 Å². The number of amides is 3. The van der Waals surface area contributed by atoms with Gasteiger partial charge in [0.05, 0.1) is 12.0 Å². The van der Waals surface area contributed by atoms with Crippen LogP contribution in [0.5, 0.6) is 0 Å². The monoisotopic (exact) mass is 394 g/mol. The number of carbonyl (C=O) groups is 4. The van der Waals surface area contributed by atoms with Gasteiger partial charge < -0.3 is 10.4 Å². The molecule has 0 bridgehead atoms. The molecule has 3 rings (SSSR count). The van der Waals surface area contributed by atoms with E-state index in [1.165, 1.54) is 0 Å². The SMILES string of the molecule is O=C(O)CCC(NC(=O)c1ccc(CC2CC(=O)NC2=O)cc1)c1ccccc1. The molecule has 7 heteroatoms. The van der Waals surface area contributed by atoms with Crippen LogP contribution in [0.15, 0.2) is 54.6 Å². The van der Waals surface area contributed by atoms with Crippen LogP contribution in [0.2, 0.25) is 0 Å². The summed E-state index contributed by atoms with van der Waals surface area (Å²) < 4.78 is 0. The second kappa shape index (κ2) is 9.14. The lowest BCUT2D eigenvalue weighted by Gasteiger charge is -2.19. The number of carboxylic acids is 1. The molecule has 1 aliphatic rings. The standard InChI is InChI=1S/C22H22N2O5/c25-19-13-17(22(29)24-19)12-14-6-8-16(9-7-14)21(28)23-18(10-11-20(26)27)15-4-2-1-3-5-15/h1-9,17-18H,10-13H2,(H,23,28)(H,26,27)(H,24,25,29). The smallest absolute Gasteiger partial charge is 0.303 e. The fraction of sp³-hybridized carbons (Fsp3) is 0.273. The van der Waals surface area contributed by atoms with Crippen LogP contribution in [-0.2, 0) is 20.8 Å². The van der Waals surface area contributed by atoms with E-state index in [1.807, 2.05) is 30.3 Å². The Morgan fingerprint density at radius 1 is 1.07 bits per heavy atom. The predicted molar refractivity (Wildman–Crippen MR) is 105 cm³/mol. The molecule has 0 saturated carbocycles. The van der Waals surface area contributed by atoms with Crippen molar-refractivity contribution in [2.45, 2.75) is 31.7 Å². The molecule has 150 valence electrons. The van der Waals surface area contributed by atoms with Gasteiger partial charge in [-0.15, -0.1) is 0 Å². The average molecular weight is 394 g/mol. The van der Waals surface area contributed by atoms with Crippen LogP contribution in [0.25, 0.3) is 0 Å². The van der Waals surface area contributed by atoms with Gasteiger partial charge in [-0.3, -0.25) is 24.5 Å². The summed E-state index contributed by atoms with van der Waals surface area (Å²) in [5.74, 6) is -2.12. The summed E-state index contributed by atoms with van der Waals surface area (Å²) in [6, 6.07) is 15.7. The second-order valence-corrected chi connectivity index (χ2v) is 7.08. The molecule has 29 heavy (non-hydrogen) atoms. The number of hydrogen-bond donors (Lipinski definition) is 3. The number of aliphatic carboxylic acids is 1. The van der Waals surface area contributed by atoms with Crippen molar-refractivity contribution in [3.05, 3.63) is 71.3 Å². The molecule has 3 amide bonds. The van der Waals surface area contributed by atoms with Crippen LogP contribution in [-0.4, -0.2) is 28.8 Å². The fourth-order valence-electron chi connectivity index (χ4n) is 3.37. The lowest BCUT2D eigenvalue weighted by molar-refractivity contribution is -0.137. The highest BCUT2D eigenvalue weighted by Gasteiger charge is 2.30. The van der Waals surface area contributed by atoms with Gasteiger partial charge in [0.15, 0.2) is 0 Å². The third-order valence-electron chi connectivity index (χ3n) is 4.92. The zero-order valence-electron chi connectivity index (χ0n) is 15.8. The van der Waals surface area contributed by atoms with Crippen LogP contribution in [0, 0.1) is 5.92 Å². The molecule has 1 aliphatic heterocycles. The molecule has 2 unspecified atom stereocenters. The Balaban J connectivity index is 1.65. The number of benzene rings is 2. The van der Waals surface area contributed by atoms with E-state index in [9.17, 15) is 19.2 Å². The topological polar surface area (TPSA) is 113 Å². The summed E-state index contributed by atoms with van der Waals surface area (Å²) >= 11 is 0. The minimum Gasteiger partial charge on any atom is -0.481 e. The number of rotatable bonds is 8. The molecule has 0 radical (unpaired) electrons. The van der Waals surface area contributed by atoms with Crippen molar-refractivity contribution in [3.63, 3.8) is 0 Å². The summed E-state index contributed by atoms with van der Waals surface area (Å²) in [5, 5.41) is 14.2. The zero-order chi connectivity index (χ0) is 20.8. The van der Waals surface area contributed by atoms with E-state index in [4.69, 9.17) is 5.11 Å². The highest BCUT2D eigenvalue weighted by molar-refractivity contribution is 6.03. The summed E-state index contributed by atoms with van der Waals surface area (Å²) in [6.07, 6.45) is 0.850. The first-order chi connectivity index (χ1) is 13.9. The van der Waals surface area contributed by atoms with Crippen molar-refractivity contribution in [3.8, 4) is 0 Å². The van der Waals surface area contributed by atoms with Crippen LogP contribution in [0.1, 0.15) is 46.8 Å². The molecule has 1 fully saturated rings. The zero-order valence-corrected chi connectivity index (χ0v) is 15.8. The van der Waals surface area contributed by atoms with Crippen molar-refractivity contribution >= 4 is 23.7 Å². The minimum atomic E-state index is -0.918. The van der Waals surface area contributed by atoms with Gasteiger partial charge >= 0.3 is 5.97 Å². The van der Waals surface area contributed by atoms with Crippen LogP contribution in [0.4, 0.5) is 0 Å². The van der Waals surface area contributed by atoms with E-state index in [0.717, 1.165) is 11.1 Å². The van der Waals surface area contributed by atoms with Gasteiger partial charge in [0, 0.05) is 18.4 Å². The first-order valence-corrected chi connectivity index (χ1v) is 9.42. The number of carbonyl (C=O) groups excluding carboxylic acids is 3. The Labute approximate surface area is 168 Å². The minimum absolute atomic E-state index is 0.0546. The molecular weight excluding hydrogens is 372 g/mol. The number of nitrogens with one attached hydrogen (secondary N) is 2. The van der Waals surface area contributed by atoms with Crippen molar-refractivity contribution in [2.75, 3.05) is 0 Å². The van der Waals surface area contributed by atoms with Gasteiger partial charge in [-0.25, -0.2) is 0 Å². The molecular formula is C22H22N2O5.